The average Bonchev–Trinajstić information content (AvgIpc) is 2.98. The van der Waals surface area contributed by atoms with E-state index < -0.39 is 5.54 Å². The molecule has 1 saturated carbocycles. The molecule has 2 fully saturated rings. The van der Waals surface area contributed by atoms with Gasteiger partial charge in [-0.2, -0.15) is 5.06 Å². The van der Waals surface area contributed by atoms with Crippen LogP contribution >= 0.6 is 0 Å². The minimum Gasteiger partial charge on any atom is -0.337 e. The van der Waals surface area contributed by atoms with E-state index in [1.54, 1.807) is 0 Å². The van der Waals surface area contributed by atoms with Crippen molar-refractivity contribution >= 4 is 11.7 Å². The Morgan fingerprint density at radius 1 is 1.24 bits per heavy atom. The Balaban J connectivity index is 1.76. The van der Waals surface area contributed by atoms with E-state index >= 15 is 0 Å². The topological polar surface area (TPSA) is 29.5 Å². The van der Waals surface area contributed by atoms with Crippen LogP contribution in [0.2, 0.25) is 0 Å². The zero-order valence-electron chi connectivity index (χ0n) is 9.37. The summed E-state index contributed by atoms with van der Waals surface area (Å²) < 4.78 is 0. The standard InChI is InChI=1S/C14H13NO2/c16-13-14(9-10-6-7-11(14)8-10)15(17-13)12-4-2-1-3-5-12/h1-7,10-11H,8-9H2/t10-,11+,14+/m0/s1. The highest BCUT2D eigenvalue weighted by molar-refractivity contribution is 5.93. The summed E-state index contributed by atoms with van der Waals surface area (Å²) in [7, 11) is 0. The van der Waals surface area contributed by atoms with Crippen molar-refractivity contribution in [3.8, 4) is 0 Å². The minimum atomic E-state index is -0.402. The lowest BCUT2D eigenvalue weighted by molar-refractivity contribution is -0.181. The average molecular weight is 227 g/mol. The fourth-order valence-corrected chi connectivity index (χ4v) is 3.43. The number of para-hydroxylation sites is 1. The smallest absolute Gasteiger partial charge is 0.337 e. The Hall–Kier alpha value is -1.77. The number of carbonyl (C=O) groups excluding carboxylic acids is 1. The molecule has 17 heavy (non-hydrogen) atoms. The monoisotopic (exact) mass is 227 g/mol. The number of fused-ring (bicyclic) bond motifs is 3. The quantitative estimate of drug-likeness (QED) is 0.689. The van der Waals surface area contributed by atoms with Gasteiger partial charge in [-0.1, -0.05) is 30.4 Å². The molecule has 3 heteroatoms. The Labute approximate surface area is 99.6 Å². The molecule has 1 aromatic carbocycles. The van der Waals surface area contributed by atoms with Crippen molar-refractivity contribution < 1.29 is 9.63 Å². The van der Waals surface area contributed by atoms with Gasteiger partial charge < -0.3 is 4.84 Å². The third kappa shape index (κ3) is 0.996. The number of carbonyl (C=O) groups is 1. The molecule has 0 aromatic heterocycles. The molecule has 0 amide bonds. The van der Waals surface area contributed by atoms with E-state index in [4.69, 9.17) is 4.84 Å². The minimum absolute atomic E-state index is 0.0572. The van der Waals surface area contributed by atoms with Crippen LogP contribution in [-0.4, -0.2) is 11.5 Å². The van der Waals surface area contributed by atoms with Crippen molar-refractivity contribution in [3.05, 3.63) is 42.5 Å². The van der Waals surface area contributed by atoms with E-state index in [0.29, 0.717) is 11.8 Å². The molecule has 1 aromatic rings. The molecule has 1 aliphatic heterocycles. The summed E-state index contributed by atoms with van der Waals surface area (Å²) in [5.74, 6) is 0.825. The number of hydrogen-bond acceptors (Lipinski definition) is 3. The van der Waals surface area contributed by atoms with Crippen LogP contribution in [0.25, 0.3) is 0 Å². The lowest BCUT2D eigenvalue weighted by atomic mass is 9.82. The van der Waals surface area contributed by atoms with Crippen LogP contribution in [0.3, 0.4) is 0 Å². The van der Waals surface area contributed by atoms with Crippen LogP contribution < -0.4 is 5.06 Å². The first-order valence-electron chi connectivity index (χ1n) is 6.07. The van der Waals surface area contributed by atoms with Gasteiger partial charge in [0.05, 0.1) is 5.69 Å². The largest absolute Gasteiger partial charge is 0.361 e. The fraction of sp³-hybridized carbons (Fsp3) is 0.357. The van der Waals surface area contributed by atoms with Gasteiger partial charge in [-0.05, 0) is 30.9 Å². The number of allylic oxidation sites excluding steroid dienone is 1. The van der Waals surface area contributed by atoms with Gasteiger partial charge in [0.15, 0.2) is 5.54 Å². The predicted octanol–water partition coefficient (Wildman–Crippen LogP) is 2.30. The van der Waals surface area contributed by atoms with Crippen LogP contribution in [-0.2, 0) is 9.63 Å². The van der Waals surface area contributed by atoms with Crippen molar-refractivity contribution in [1.29, 1.82) is 0 Å². The molecule has 1 heterocycles. The lowest BCUT2D eigenvalue weighted by Crippen LogP contribution is -2.69. The van der Waals surface area contributed by atoms with Crippen LogP contribution in [0.15, 0.2) is 42.5 Å². The molecule has 0 unspecified atom stereocenters. The second-order valence-electron chi connectivity index (χ2n) is 5.12. The van der Waals surface area contributed by atoms with E-state index in [2.05, 4.69) is 12.2 Å². The Morgan fingerprint density at radius 2 is 2.06 bits per heavy atom. The first-order chi connectivity index (χ1) is 8.30. The predicted molar refractivity (Wildman–Crippen MR) is 63.1 cm³/mol. The molecule has 1 spiro atoms. The summed E-state index contributed by atoms with van der Waals surface area (Å²) in [6.45, 7) is 0. The van der Waals surface area contributed by atoms with Crippen LogP contribution in [0, 0.1) is 11.8 Å². The molecule has 0 radical (unpaired) electrons. The zero-order chi connectivity index (χ0) is 11.5. The van der Waals surface area contributed by atoms with Gasteiger partial charge in [0.2, 0.25) is 0 Å². The highest BCUT2D eigenvalue weighted by atomic mass is 16.8. The Morgan fingerprint density at radius 3 is 2.65 bits per heavy atom. The maximum atomic E-state index is 11.9. The van der Waals surface area contributed by atoms with Gasteiger partial charge in [0.25, 0.3) is 0 Å². The van der Waals surface area contributed by atoms with E-state index in [0.717, 1.165) is 18.5 Å². The number of rotatable bonds is 1. The maximum Gasteiger partial charge on any atom is 0.361 e. The molecular formula is C14H13NO2. The molecular weight excluding hydrogens is 214 g/mol. The van der Waals surface area contributed by atoms with Gasteiger partial charge in [0, 0.05) is 5.92 Å². The van der Waals surface area contributed by atoms with Gasteiger partial charge in [-0.15, -0.1) is 0 Å². The van der Waals surface area contributed by atoms with E-state index in [1.807, 2.05) is 35.4 Å². The molecule has 2 bridgehead atoms. The molecule has 3 atom stereocenters. The van der Waals surface area contributed by atoms with Crippen molar-refractivity contribution in [2.75, 3.05) is 5.06 Å². The van der Waals surface area contributed by atoms with E-state index in [9.17, 15) is 4.79 Å². The maximum absolute atomic E-state index is 11.9. The second-order valence-corrected chi connectivity index (χ2v) is 5.12. The van der Waals surface area contributed by atoms with Crippen molar-refractivity contribution in [1.82, 2.24) is 0 Å². The zero-order valence-corrected chi connectivity index (χ0v) is 9.37. The lowest BCUT2D eigenvalue weighted by Gasteiger charge is -2.50. The first kappa shape index (κ1) is 9.28. The number of anilines is 1. The van der Waals surface area contributed by atoms with Gasteiger partial charge in [-0.3, -0.25) is 0 Å². The molecule has 3 nitrogen and oxygen atoms in total. The first-order valence-corrected chi connectivity index (χ1v) is 6.07. The number of hydroxylamine groups is 1. The Kier molecular flexibility index (Phi) is 1.59. The van der Waals surface area contributed by atoms with E-state index in [1.165, 1.54) is 0 Å². The summed E-state index contributed by atoms with van der Waals surface area (Å²) in [4.78, 5) is 17.2. The highest BCUT2D eigenvalue weighted by Crippen LogP contribution is 2.55. The summed E-state index contributed by atoms with van der Waals surface area (Å²) in [5.41, 5.74) is 0.578. The fourth-order valence-electron chi connectivity index (χ4n) is 3.43. The summed E-state index contributed by atoms with van der Waals surface area (Å²) >= 11 is 0. The van der Waals surface area contributed by atoms with Crippen LogP contribution in [0.5, 0.6) is 0 Å². The van der Waals surface area contributed by atoms with Crippen LogP contribution in [0.1, 0.15) is 12.8 Å². The van der Waals surface area contributed by atoms with Gasteiger partial charge in [-0.25, -0.2) is 4.79 Å². The summed E-state index contributed by atoms with van der Waals surface area (Å²) in [6, 6.07) is 9.89. The van der Waals surface area contributed by atoms with Gasteiger partial charge in [0.1, 0.15) is 0 Å². The highest BCUT2D eigenvalue weighted by Gasteiger charge is 2.66. The van der Waals surface area contributed by atoms with E-state index in [-0.39, 0.29) is 5.97 Å². The number of nitrogens with zero attached hydrogens (tertiary/aromatic N) is 1. The third-order valence-corrected chi connectivity index (χ3v) is 4.24. The molecule has 4 rings (SSSR count). The van der Waals surface area contributed by atoms with Gasteiger partial charge >= 0.3 is 5.97 Å². The molecule has 86 valence electrons. The molecule has 2 aliphatic carbocycles. The van der Waals surface area contributed by atoms with Crippen molar-refractivity contribution in [2.45, 2.75) is 18.4 Å². The molecule has 0 N–H and O–H groups in total. The summed E-state index contributed by atoms with van der Waals surface area (Å²) in [6.07, 6.45) is 6.43. The number of benzene rings is 1. The Bertz CT molecular complexity index is 510. The molecule has 1 saturated heterocycles. The normalized spacial score (nSPS) is 37.4. The van der Waals surface area contributed by atoms with Crippen molar-refractivity contribution in [2.24, 2.45) is 11.8 Å². The molecule has 3 aliphatic rings. The van der Waals surface area contributed by atoms with Crippen LogP contribution in [0.4, 0.5) is 5.69 Å². The van der Waals surface area contributed by atoms with Crippen molar-refractivity contribution in [3.63, 3.8) is 0 Å². The number of hydrogen-bond donors (Lipinski definition) is 0. The third-order valence-electron chi connectivity index (χ3n) is 4.24. The second kappa shape index (κ2) is 2.92. The SMILES string of the molecule is O=C1ON(c2ccccc2)[C@@]12C[C@H]1C=C[C@@H]2C1. The summed E-state index contributed by atoms with van der Waals surface area (Å²) in [5, 5.41) is 1.82.